The molecule has 0 amide bonds. The van der Waals surface area contributed by atoms with Gasteiger partial charge in [-0.25, -0.2) is 9.78 Å². The molecule has 0 saturated carbocycles. The Labute approximate surface area is 160 Å². The van der Waals surface area contributed by atoms with Crippen molar-refractivity contribution in [2.75, 3.05) is 37.7 Å². The highest BCUT2D eigenvalue weighted by Crippen LogP contribution is 2.24. The number of ether oxygens (including phenoxy) is 2. The van der Waals surface area contributed by atoms with Crippen LogP contribution < -0.4 is 10.2 Å². The number of hydrogen-bond acceptors (Lipinski definition) is 7. The van der Waals surface area contributed by atoms with E-state index in [4.69, 9.17) is 16.3 Å². The van der Waals surface area contributed by atoms with Crippen LogP contribution in [0.1, 0.15) is 43.6 Å². The van der Waals surface area contributed by atoms with E-state index in [1.54, 1.807) is 19.9 Å². The maximum atomic E-state index is 11.9. The molecule has 26 heavy (non-hydrogen) atoms. The van der Waals surface area contributed by atoms with Gasteiger partial charge in [-0.2, -0.15) is 0 Å². The molecule has 1 saturated heterocycles. The van der Waals surface area contributed by atoms with Gasteiger partial charge in [0.25, 0.3) is 6.47 Å². The molecule has 0 radical (unpaired) electrons. The largest absolute Gasteiger partial charge is 0.462 e. The number of halogens is 1. The molecule has 1 aromatic rings. The van der Waals surface area contributed by atoms with Crippen LogP contribution in [0.25, 0.3) is 0 Å². The Bertz CT molecular complexity index is 611. The molecule has 8 heteroatoms. The molecule has 2 rings (SSSR count). The van der Waals surface area contributed by atoms with Gasteiger partial charge in [0.15, 0.2) is 0 Å². The van der Waals surface area contributed by atoms with E-state index in [0.717, 1.165) is 32.0 Å². The number of hydrogen-bond donors (Lipinski definition) is 1. The number of carbonyl (C=O) groups is 2. The standard InChI is InChI=1S/C13H18ClN3O2.C5H10O2/c1-3-19-13(18)10-8-11(16-12(14)9(10)2)17-6-4-15-5-7-17;1-5(2,3)7-4-6/h8,15H,3-7H2,1-2H3;4H,1-3H3. The highest BCUT2D eigenvalue weighted by molar-refractivity contribution is 6.30. The molecule has 0 unspecified atom stereocenters. The van der Waals surface area contributed by atoms with E-state index < -0.39 is 0 Å². The highest BCUT2D eigenvalue weighted by Gasteiger charge is 2.19. The zero-order chi connectivity index (χ0) is 19.7. The smallest absolute Gasteiger partial charge is 0.338 e. The highest BCUT2D eigenvalue weighted by atomic mass is 35.5. The quantitative estimate of drug-likeness (QED) is 0.484. The van der Waals surface area contributed by atoms with Crippen molar-refractivity contribution in [3.05, 3.63) is 22.3 Å². The summed E-state index contributed by atoms with van der Waals surface area (Å²) < 4.78 is 9.60. The van der Waals surface area contributed by atoms with Crippen molar-refractivity contribution in [2.24, 2.45) is 0 Å². The van der Waals surface area contributed by atoms with Crippen LogP contribution in [-0.4, -0.2) is 55.8 Å². The van der Waals surface area contributed by atoms with E-state index in [9.17, 15) is 9.59 Å². The van der Waals surface area contributed by atoms with E-state index in [1.807, 2.05) is 20.8 Å². The summed E-state index contributed by atoms with van der Waals surface area (Å²) in [5.41, 5.74) is 0.844. The van der Waals surface area contributed by atoms with Crippen molar-refractivity contribution in [3.63, 3.8) is 0 Å². The molecule has 7 nitrogen and oxygen atoms in total. The van der Waals surface area contributed by atoms with Crippen molar-refractivity contribution in [3.8, 4) is 0 Å². The molecule has 2 heterocycles. The van der Waals surface area contributed by atoms with Crippen LogP contribution in [0.2, 0.25) is 5.15 Å². The topological polar surface area (TPSA) is 80.8 Å². The molecule has 0 bridgehead atoms. The van der Waals surface area contributed by atoms with Crippen molar-refractivity contribution < 1.29 is 19.1 Å². The summed E-state index contributed by atoms with van der Waals surface area (Å²) in [6.07, 6.45) is 0. The van der Waals surface area contributed by atoms with Crippen LogP contribution in [0.4, 0.5) is 5.82 Å². The Balaban J connectivity index is 0.000000412. The van der Waals surface area contributed by atoms with Gasteiger partial charge >= 0.3 is 5.97 Å². The molecule has 0 aliphatic carbocycles. The van der Waals surface area contributed by atoms with Crippen molar-refractivity contribution >= 4 is 29.9 Å². The summed E-state index contributed by atoms with van der Waals surface area (Å²) in [6, 6.07) is 1.77. The first-order valence-electron chi connectivity index (χ1n) is 8.61. The van der Waals surface area contributed by atoms with E-state index in [0.29, 0.717) is 29.4 Å². The maximum Gasteiger partial charge on any atom is 0.338 e. The lowest BCUT2D eigenvalue weighted by Crippen LogP contribution is -2.44. The second-order valence-electron chi connectivity index (χ2n) is 6.73. The number of nitrogens with one attached hydrogen (secondary N) is 1. The molecular weight excluding hydrogens is 358 g/mol. The Morgan fingerprint density at radius 1 is 1.38 bits per heavy atom. The molecule has 1 fully saturated rings. The van der Waals surface area contributed by atoms with E-state index in [2.05, 4.69) is 19.9 Å². The fourth-order valence-electron chi connectivity index (χ4n) is 2.19. The Morgan fingerprint density at radius 3 is 2.46 bits per heavy atom. The molecule has 0 aromatic carbocycles. The first-order chi connectivity index (χ1) is 12.2. The average Bonchev–Trinajstić information content (AvgIpc) is 2.57. The first kappa shape index (κ1) is 22.2. The van der Waals surface area contributed by atoms with Crippen LogP contribution in [0.3, 0.4) is 0 Å². The van der Waals surface area contributed by atoms with Gasteiger partial charge in [0.1, 0.15) is 16.6 Å². The lowest BCUT2D eigenvalue weighted by Gasteiger charge is -2.29. The molecule has 1 aliphatic heterocycles. The fraction of sp³-hybridized carbons (Fsp3) is 0.611. The summed E-state index contributed by atoms with van der Waals surface area (Å²) in [4.78, 5) is 28.0. The number of pyridine rings is 1. The van der Waals surface area contributed by atoms with Crippen LogP contribution >= 0.6 is 11.6 Å². The number of piperazine rings is 1. The van der Waals surface area contributed by atoms with Crippen molar-refractivity contribution in [1.29, 1.82) is 0 Å². The van der Waals surface area contributed by atoms with Gasteiger partial charge in [-0.05, 0) is 40.7 Å². The number of rotatable bonds is 4. The monoisotopic (exact) mass is 385 g/mol. The van der Waals surface area contributed by atoms with Gasteiger partial charge in [-0.1, -0.05) is 11.6 Å². The summed E-state index contributed by atoms with van der Waals surface area (Å²) in [6.45, 7) is 13.4. The summed E-state index contributed by atoms with van der Waals surface area (Å²) in [5.74, 6) is 0.390. The van der Waals surface area contributed by atoms with Crippen LogP contribution in [0.5, 0.6) is 0 Å². The Kier molecular flexibility index (Phi) is 8.81. The Hall–Kier alpha value is -1.86. The number of carbonyl (C=O) groups excluding carboxylic acids is 2. The molecule has 1 aliphatic rings. The summed E-state index contributed by atoms with van der Waals surface area (Å²) in [5, 5.41) is 3.63. The van der Waals surface area contributed by atoms with Gasteiger partial charge in [-0.15, -0.1) is 0 Å². The number of aromatic nitrogens is 1. The van der Waals surface area contributed by atoms with Crippen molar-refractivity contribution in [2.45, 2.75) is 40.2 Å². The molecule has 1 aromatic heterocycles. The van der Waals surface area contributed by atoms with Gasteiger partial charge in [0.2, 0.25) is 0 Å². The zero-order valence-electron chi connectivity index (χ0n) is 16.1. The number of anilines is 1. The predicted octanol–water partition coefficient (Wildman–Crippen LogP) is 2.59. The van der Waals surface area contributed by atoms with Gasteiger partial charge < -0.3 is 19.7 Å². The minimum absolute atomic E-state index is 0.318. The molecular formula is C18H28ClN3O4. The first-order valence-corrected chi connectivity index (χ1v) is 8.98. The van der Waals surface area contributed by atoms with Crippen molar-refractivity contribution in [1.82, 2.24) is 10.3 Å². The third-order valence-electron chi connectivity index (χ3n) is 3.54. The predicted molar refractivity (Wildman–Crippen MR) is 102 cm³/mol. The van der Waals surface area contributed by atoms with Gasteiger partial charge in [-0.3, -0.25) is 4.79 Å². The molecule has 0 spiro atoms. The second kappa shape index (κ2) is 10.3. The summed E-state index contributed by atoms with van der Waals surface area (Å²) in [7, 11) is 0. The maximum absolute atomic E-state index is 11.9. The lowest BCUT2D eigenvalue weighted by molar-refractivity contribution is -0.138. The summed E-state index contributed by atoms with van der Waals surface area (Å²) >= 11 is 6.12. The van der Waals surface area contributed by atoms with Gasteiger partial charge in [0.05, 0.1) is 12.2 Å². The SMILES string of the molecule is CC(C)(C)OC=O.CCOC(=O)c1cc(N2CCNCC2)nc(Cl)c1C. The normalized spacial score (nSPS) is 14.2. The Morgan fingerprint density at radius 2 is 2.00 bits per heavy atom. The van der Waals surface area contributed by atoms with Crippen LogP contribution in [-0.2, 0) is 14.3 Å². The van der Waals surface area contributed by atoms with E-state index in [-0.39, 0.29) is 11.6 Å². The van der Waals surface area contributed by atoms with Crippen LogP contribution in [0.15, 0.2) is 6.07 Å². The third-order valence-corrected chi connectivity index (χ3v) is 3.91. The third kappa shape index (κ3) is 7.17. The molecule has 1 N–H and O–H groups in total. The number of nitrogens with zero attached hydrogens (tertiary/aromatic N) is 2. The van der Waals surface area contributed by atoms with Gasteiger partial charge in [0, 0.05) is 31.7 Å². The fourth-order valence-corrected chi connectivity index (χ4v) is 2.37. The zero-order valence-corrected chi connectivity index (χ0v) is 16.9. The minimum Gasteiger partial charge on any atom is -0.462 e. The lowest BCUT2D eigenvalue weighted by atomic mass is 10.1. The van der Waals surface area contributed by atoms with E-state index >= 15 is 0 Å². The average molecular weight is 386 g/mol. The second-order valence-corrected chi connectivity index (χ2v) is 7.09. The molecule has 0 atom stereocenters. The molecule has 146 valence electrons. The van der Waals surface area contributed by atoms with Crippen LogP contribution in [0, 0.1) is 6.92 Å². The number of esters is 1. The minimum atomic E-state index is -0.347. The van der Waals surface area contributed by atoms with E-state index in [1.165, 1.54) is 0 Å².